The first kappa shape index (κ1) is 13.9. The molecule has 0 amide bonds. The molecule has 0 heterocycles. The van der Waals surface area contributed by atoms with Gasteiger partial charge in [0.2, 0.25) is 0 Å². The van der Waals surface area contributed by atoms with E-state index in [1.54, 1.807) is 24.3 Å². The monoisotopic (exact) mass is 287 g/mol. The van der Waals surface area contributed by atoms with Crippen molar-refractivity contribution in [2.45, 2.75) is 4.90 Å². The molecule has 6 heteroatoms. The third-order valence-corrected chi connectivity index (χ3v) is 4.69. The second kappa shape index (κ2) is 5.23. The molecule has 0 atom stereocenters. The van der Waals surface area contributed by atoms with Crippen LogP contribution in [0.15, 0.2) is 53.4 Å². The quantitative estimate of drug-likeness (QED) is 0.874. The van der Waals surface area contributed by atoms with Crippen LogP contribution in [0.2, 0.25) is 0 Å². The fourth-order valence-corrected chi connectivity index (χ4v) is 2.98. The Hall–Kier alpha value is -2.52. The van der Waals surface area contributed by atoms with Crippen LogP contribution < -0.4 is 10.0 Å². The van der Waals surface area contributed by atoms with E-state index in [2.05, 4.69) is 0 Å². The van der Waals surface area contributed by atoms with Crippen molar-refractivity contribution in [3.8, 4) is 6.07 Å². The largest absolute Gasteiger partial charge is 0.399 e. The van der Waals surface area contributed by atoms with Gasteiger partial charge in [-0.2, -0.15) is 5.26 Å². The smallest absolute Gasteiger partial charge is 0.264 e. The molecule has 0 aliphatic heterocycles. The Kier molecular flexibility index (Phi) is 3.63. The molecule has 0 spiro atoms. The van der Waals surface area contributed by atoms with Crippen LogP contribution in [0.5, 0.6) is 0 Å². The summed E-state index contributed by atoms with van der Waals surface area (Å²) in [6, 6.07) is 14.5. The maximum atomic E-state index is 12.5. The van der Waals surface area contributed by atoms with Gasteiger partial charge in [0.1, 0.15) is 6.07 Å². The van der Waals surface area contributed by atoms with Gasteiger partial charge in [0, 0.05) is 12.7 Å². The SMILES string of the molecule is CN(c1ccccc1C#N)S(=O)(=O)c1ccc(N)cc1. The lowest BCUT2D eigenvalue weighted by Gasteiger charge is -2.20. The van der Waals surface area contributed by atoms with Gasteiger partial charge in [0.05, 0.1) is 16.1 Å². The molecule has 0 aromatic heterocycles. The summed E-state index contributed by atoms with van der Waals surface area (Å²) in [4.78, 5) is 0.127. The van der Waals surface area contributed by atoms with Gasteiger partial charge in [-0.15, -0.1) is 0 Å². The van der Waals surface area contributed by atoms with Crippen LogP contribution in [0.25, 0.3) is 0 Å². The molecule has 0 saturated carbocycles. The molecule has 2 N–H and O–H groups in total. The van der Waals surface area contributed by atoms with Gasteiger partial charge in [-0.3, -0.25) is 4.31 Å². The molecular weight excluding hydrogens is 274 g/mol. The molecule has 0 aliphatic carbocycles. The van der Waals surface area contributed by atoms with Crippen LogP contribution in [-0.2, 0) is 10.0 Å². The number of hydrogen-bond donors (Lipinski definition) is 1. The van der Waals surface area contributed by atoms with Crippen LogP contribution in [0.1, 0.15) is 5.56 Å². The highest BCUT2D eigenvalue weighted by Gasteiger charge is 2.22. The molecule has 2 aromatic carbocycles. The lowest BCUT2D eigenvalue weighted by atomic mass is 10.2. The first-order valence-corrected chi connectivity index (χ1v) is 7.24. The maximum absolute atomic E-state index is 12.5. The zero-order valence-electron chi connectivity index (χ0n) is 10.8. The van der Waals surface area contributed by atoms with Gasteiger partial charge in [-0.1, -0.05) is 12.1 Å². The highest BCUT2D eigenvalue weighted by Crippen LogP contribution is 2.25. The highest BCUT2D eigenvalue weighted by molar-refractivity contribution is 7.92. The Bertz CT molecular complexity index is 762. The molecule has 0 unspecified atom stereocenters. The zero-order valence-corrected chi connectivity index (χ0v) is 11.6. The molecule has 20 heavy (non-hydrogen) atoms. The fraction of sp³-hybridized carbons (Fsp3) is 0.0714. The van der Waals surface area contributed by atoms with Crippen LogP contribution >= 0.6 is 0 Å². The topological polar surface area (TPSA) is 87.2 Å². The summed E-state index contributed by atoms with van der Waals surface area (Å²) >= 11 is 0. The van der Waals surface area contributed by atoms with Crippen molar-refractivity contribution in [2.24, 2.45) is 0 Å². The molecule has 5 nitrogen and oxygen atoms in total. The number of sulfonamides is 1. The third-order valence-electron chi connectivity index (χ3n) is 2.90. The molecule has 102 valence electrons. The Morgan fingerprint density at radius 1 is 1.10 bits per heavy atom. The molecule has 0 fully saturated rings. The van der Waals surface area contributed by atoms with Gasteiger partial charge in [0.25, 0.3) is 10.0 Å². The van der Waals surface area contributed by atoms with Crippen LogP contribution in [0.4, 0.5) is 11.4 Å². The summed E-state index contributed by atoms with van der Waals surface area (Å²) in [6.07, 6.45) is 0. The van der Waals surface area contributed by atoms with Gasteiger partial charge < -0.3 is 5.73 Å². The van der Waals surface area contributed by atoms with Crippen LogP contribution in [0, 0.1) is 11.3 Å². The number of nitrogens with zero attached hydrogens (tertiary/aromatic N) is 2. The number of nitrogen functional groups attached to an aromatic ring is 1. The highest BCUT2D eigenvalue weighted by atomic mass is 32.2. The lowest BCUT2D eigenvalue weighted by molar-refractivity contribution is 0.594. The van der Waals surface area contributed by atoms with E-state index >= 15 is 0 Å². The zero-order chi connectivity index (χ0) is 14.8. The van der Waals surface area contributed by atoms with Crippen molar-refractivity contribution in [1.82, 2.24) is 0 Å². The van der Waals surface area contributed by atoms with Gasteiger partial charge >= 0.3 is 0 Å². The predicted molar refractivity (Wildman–Crippen MR) is 77.6 cm³/mol. The summed E-state index contributed by atoms with van der Waals surface area (Å²) < 4.78 is 26.1. The van der Waals surface area contributed by atoms with Crippen LogP contribution in [-0.4, -0.2) is 15.5 Å². The van der Waals surface area contributed by atoms with E-state index in [1.165, 1.54) is 31.3 Å². The summed E-state index contributed by atoms with van der Waals surface area (Å²) in [5.41, 5.74) is 6.68. The summed E-state index contributed by atoms with van der Waals surface area (Å²) in [7, 11) is -2.30. The summed E-state index contributed by atoms with van der Waals surface area (Å²) in [5, 5.41) is 9.05. The predicted octanol–water partition coefficient (Wildman–Crippen LogP) is 1.97. The van der Waals surface area contributed by atoms with E-state index in [0.717, 1.165) is 4.31 Å². The average Bonchev–Trinajstić information content (AvgIpc) is 2.46. The molecule has 2 aromatic rings. The van der Waals surface area contributed by atoms with Crippen molar-refractivity contribution in [3.63, 3.8) is 0 Å². The fourth-order valence-electron chi connectivity index (χ4n) is 1.77. The van der Waals surface area contributed by atoms with Crippen molar-refractivity contribution in [2.75, 3.05) is 17.1 Å². The second-order valence-corrected chi connectivity index (χ2v) is 6.14. The number of benzene rings is 2. The van der Waals surface area contributed by atoms with Crippen molar-refractivity contribution >= 4 is 21.4 Å². The Morgan fingerprint density at radius 2 is 1.70 bits per heavy atom. The van der Waals surface area contributed by atoms with Gasteiger partial charge in [-0.05, 0) is 36.4 Å². The van der Waals surface area contributed by atoms with E-state index in [-0.39, 0.29) is 4.90 Å². The van der Waals surface area contributed by atoms with Crippen molar-refractivity contribution < 1.29 is 8.42 Å². The van der Waals surface area contributed by atoms with Crippen LogP contribution in [0.3, 0.4) is 0 Å². The molecular formula is C14H13N3O2S. The van der Waals surface area contributed by atoms with Crippen molar-refractivity contribution in [3.05, 3.63) is 54.1 Å². The number of nitriles is 1. The Morgan fingerprint density at radius 3 is 2.30 bits per heavy atom. The van der Waals surface area contributed by atoms with E-state index < -0.39 is 10.0 Å². The van der Waals surface area contributed by atoms with Crippen molar-refractivity contribution in [1.29, 1.82) is 5.26 Å². The lowest BCUT2D eigenvalue weighted by Crippen LogP contribution is -2.27. The minimum atomic E-state index is -3.71. The molecule has 0 aliphatic rings. The number of nitrogens with two attached hydrogens (primary N) is 1. The maximum Gasteiger partial charge on any atom is 0.264 e. The third kappa shape index (κ3) is 2.44. The number of anilines is 2. The molecule has 0 bridgehead atoms. The van der Waals surface area contributed by atoms with E-state index in [0.29, 0.717) is 16.9 Å². The van der Waals surface area contributed by atoms with E-state index in [9.17, 15) is 8.42 Å². The first-order valence-electron chi connectivity index (χ1n) is 5.80. The number of rotatable bonds is 3. The minimum absolute atomic E-state index is 0.127. The molecule has 0 saturated heterocycles. The molecule has 0 radical (unpaired) electrons. The summed E-state index contributed by atoms with van der Waals surface area (Å²) in [6.45, 7) is 0. The molecule has 2 rings (SSSR count). The summed E-state index contributed by atoms with van der Waals surface area (Å²) in [5.74, 6) is 0. The Labute approximate surface area is 117 Å². The Balaban J connectivity index is 2.49. The first-order chi connectivity index (χ1) is 9.46. The standard InChI is InChI=1S/C14H13N3O2S/c1-17(14-5-3-2-4-11(14)10-15)20(18,19)13-8-6-12(16)7-9-13/h2-9H,16H2,1H3. The second-order valence-electron chi connectivity index (χ2n) is 4.17. The normalized spacial score (nSPS) is 10.8. The average molecular weight is 287 g/mol. The number of para-hydroxylation sites is 1. The van der Waals surface area contributed by atoms with E-state index in [1.807, 2.05) is 6.07 Å². The van der Waals surface area contributed by atoms with Gasteiger partial charge in [-0.25, -0.2) is 8.42 Å². The minimum Gasteiger partial charge on any atom is -0.399 e. The van der Waals surface area contributed by atoms with Gasteiger partial charge in [0.15, 0.2) is 0 Å². The number of hydrogen-bond acceptors (Lipinski definition) is 4. The van der Waals surface area contributed by atoms with E-state index in [4.69, 9.17) is 11.0 Å².